The van der Waals surface area contributed by atoms with Crippen LogP contribution in [0.5, 0.6) is 0 Å². The van der Waals surface area contributed by atoms with E-state index in [9.17, 15) is 19.2 Å². The molecule has 35 heavy (non-hydrogen) atoms. The van der Waals surface area contributed by atoms with Gasteiger partial charge in [-0.3, -0.25) is 24.1 Å². The van der Waals surface area contributed by atoms with Crippen molar-refractivity contribution in [2.24, 2.45) is 0 Å². The Balaban J connectivity index is 1.71. The van der Waals surface area contributed by atoms with Gasteiger partial charge in [0, 0.05) is 25.0 Å². The molecule has 0 fully saturated rings. The minimum Gasteiger partial charge on any atom is -0.350 e. The van der Waals surface area contributed by atoms with Crippen LogP contribution in [-0.2, 0) is 16.1 Å². The van der Waals surface area contributed by atoms with Crippen molar-refractivity contribution in [2.45, 2.75) is 58.7 Å². The Kier molecular flexibility index (Phi) is 8.23. The SMILES string of the molecule is CC(C(=O)NC(C)(C)C)N(Cc1ccc(Cl)c(Cl)c1)C(=O)CCCN1C(=O)c2ccccc2C1=O. The molecule has 186 valence electrons. The van der Waals surface area contributed by atoms with Gasteiger partial charge < -0.3 is 10.2 Å². The van der Waals surface area contributed by atoms with Gasteiger partial charge in [-0.2, -0.15) is 0 Å². The number of carbonyl (C=O) groups is 4. The van der Waals surface area contributed by atoms with Crippen LogP contribution in [0.1, 0.15) is 66.8 Å². The smallest absolute Gasteiger partial charge is 0.261 e. The molecular weight excluding hydrogens is 489 g/mol. The average Bonchev–Trinajstić information content (AvgIpc) is 3.03. The number of rotatable bonds is 8. The van der Waals surface area contributed by atoms with Crippen molar-refractivity contribution < 1.29 is 19.2 Å². The summed E-state index contributed by atoms with van der Waals surface area (Å²) in [5.41, 5.74) is 1.01. The minimum absolute atomic E-state index is 0.0574. The molecule has 1 atom stereocenters. The van der Waals surface area contributed by atoms with Crippen LogP contribution in [0.4, 0.5) is 0 Å². The lowest BCUT2D eigenvalue weighted by atomic mass is 10.1. The molecule has 1 heterocycles. The minimum atomic E-state index is -0.754. The second-order valence-corrected chi connectivity index (χ2v) is 10.4. The Morgan fingerprint density at radius 1 is 1.00 bits per heavy atom. The second-order valence-electron chi connectivity index (χ2n) is 9.60. The summed E-state index contributed by atoms with van der Waals surface area (Å²) in [5.74, 6) is -1.28. The molecule has 1 unspecified atom stereocenters. The number of amides is 4. The molecule has 7 nitrogen and oxygen atoms in total. The second kappa shape index (κ2) is 10.8. The fraction of sp³-hybridized carbons (Fsp3) is 0.385. The van der Waals surface area contributed by atoms with E-state index in [-0.39, 0.29) is 49.6 Å². The Labute approximate surface area is 215 Å². The molecule has 2 aromatic rings. The largest absolute Gasteiger partial charge is 0.350 e. The number of halogens is 2. The zero-order chi connectivity index (χ0) is 25.9. The third-order valence-electron chi connectivity index (χ3n) is 5.65. The fourth-order valence-electron chi connectivity index (χ4n) is 3.87. The first-order valence-electron chi connectivity index (χ1n) is 11.4. The molecule has 0 spiro atoms. The Hall–Kier alpha value is -2.90. The molecule has 0 radical (unpaired) electrons. The van der Waals surface area contributed by atoms with Crippen LogP contribution < -0.4 is 5.32 Å². The van der Waals surface area contributed by atoms with Crippen molar-refractivity contribution in [3.63, 3.8) is 0 Å². The number of benzene rings is 2. The molecule has 1 aliphatic heterocycles. The molecule has 0 aromatic heterocycles. The van der Waals surface area contributed by atoms with Crippen LogP contribution in [0.2, 0.25) is 10.0 Å². The molecule has 3 rings (SSSR count). The van der Waals surface area contributed by atoms with Crippen molar-refractivity contribution in [3.05, 3.63) is 69.2 Å². The summed E-state index contributed by atoms with van der Waals surface area (Å²) < 4.78 is 0. The number of carbonyl (C=O) groups excluding carboxylic acids is 4. The maximum atomic E-state index is 13.3. The lowest BCUT2D eigenvalue weighted by molar-refractivity contribution is -0.141. The topological polar surface area (TPSA) is 86.8 Å². The van der Waals surface area contributed by atoms with E-state index < -0.39 is 11.6 Å². The van der Waals surface area contributed by atoms with E-state index in [0.717, 1.165) is 10.5 Å². The molecule has 1 N–H and O–H groups in total. The first-order valence-corrected chi connectivity index (χ1v) is 12.2. The molecule has 4 amide bonds. The molecule has 0 saturated heterocycles. The predicted octanol–water partition coefficient (Wildman–Crippen LogP) is 4.70. The molecule has 0 saturated carbocycles. The van der Waals surface area contributed by atoms with Gasteiger partial charge >= 0.3 is 0 Å². The van der Waals surface area contributed by atoms with Crippen molar-refractivity contribution in [3.8, 4) is 0 Å². The van der Waals surface area contributed by atoms with Crippen LogP contribution in [-0.4, -0.2) is 51.6 Å². The fourth-order valence-corrected chi connectivity index (χ4v) is 4.19. The number of nitrogens with one attached hydrogen (secondary N) is 1. The summed E-state index contributed by atoms with van der Waals surface area (Å²) >= 11 is 12.2. The maximum Gasteiger partial charge on any atom is 0.261 e. The highest BCUT2D eigenvalue weighted by atomic mass is 35.5. The molecule has 0 bridgehead atoms. The molecule has 9 heteroatoms. The third-order valence-corrected chi connectivity index (χ3v) is 6.39. The van der Waals surface area contributed by atoms with E-state index in [0.29, 0.717) is 21.2 Å². The van der Waals surface area contributed by atoms with Gasteiger partial charge in [0.05, 0.1) is 21.2 Å². The number of nitrogens with zero attached hydrogens (tertiary/aromatic N) is 2. The first-order chi connectivity index (χ1) is 16.4. The summed E-state index contributed by atoms with van der Waals surface area (Å²) in [5, 5.41) is 3.66. The van der Waals surface area contributed by atoms with E-state index in [2.05, 4.69) is 5.32 Å². The summed E-state index contributed by atoms with van der Waals surface area (Å²) in [4.78, 5) is 53.9. The Morgan fingerprint density at radius 3 is 2.14 bits per heavy atom. The zero-order valence-electron chi connectivity index (χ0n) is 20.2. The van der Waals surface area contributed by atoms with E-state index in [1.807, 2.05) is 20.8 Å². The van der Waals surface area contributed by atoms with Crippen molar-refractivity contribution >= 4 is 46.8 Å². The molecule has 1 aliphatic rings. The zero-order valence-corrected chi connectivity index (χ0v) is 21.7. The van der Waals surface area contributed by atoms with E-state index in [1.165, 1.54) is 4.90 Å². The average molecular weight is 518 g/mol. The van der Waals surface area contributed by atoms with Crippen LogP contribution in [0.15, 0.2) is 42.5 Å². The van der Waals surface area contributed by atoms with Crippen molar-refractivity contribution in [1.82, 2.24) is 15.1 Å². The number of hydrogen-bond acceptors (Lipinski definition) is 4. The van der Waals surface area contributed by atoms with Gasteiger partial charge in [-0.25, -0.2) is 0 Å². The lowest BCUT2D eigenvalue weighted by Gasteiger charge is -2.31. The van der Waals surface area contributed by atoms with E-state index in [1.54, 1.807) is 49.4 Å². The summed E-state index contributed by atoms with van der Waals surface area (Å²) in [7, 11) is 0. The van der Waals surface area contributed by atoms with Crippen LogP contribution in [0.3, 0.4) is 0 Å². The van der Waals surface area contributed by atoms with Gasteiger partial charge in [0.2, 0.25) is 11.8 Å². The molecule has 2 aromatic carbocycles. The third kappa shape index (κ3) is 6.41. The molecule has 0 aliphatic carbocycles. The summed E-state index contributed by atoms with van der Waals surface area (Å²) in [6, 6.07) is 11.0. The van der Waals surface area contributed by atoms with Crippen LogP contribution >= 0.6 is 23.2 Å². The predicted molar refractivity (Wildman–Crippen MR) is 135 cm³/mol. The van der Waals surface area contributed by atoms with Crippen molar-refractivity contribution in [1.29, 1.82) is 0 Å². The van der Waals surface area contributed by atoms with E-state index >= 15 is 0 Å². The van der Waals surface area contributed by atoms with Gasteiger partial charge in [-0.15, -0.1) is 0 Å². The van der Waals surface area contributed by atoms with Gasteiger partial charge in [-0.1, -0.05) is 41.4 Å². The van der Waals surface area contributed by atoms with Gasteiger partial charge in [-0.05, 0) is 63.9 Å². The maximum absolute atomic E-state index is 13.3. The first kappa shape index (κ1) is 26.7. The standard InChI is InChI=1S/C26H29Cl2N3O4/c1-16(23(33)29-26(2,3)4)31(15-17-11-12-20(27)21(28)14-17)22(32)10-7-13-30-24(34)18-8-5-6-9-19(18)25(30)35/h5-6,8-9,11-12,14,16H,7,10,13,15H2,1-4H3,(H,29,33). The number of hydrogen-bond donors (Lipinski definition) is 1. The highest BCUT2D eigenvalue weighted by Crippen LogP contribution is 2.25. The summed E-state index contributed by atoms with van der Waals surface area (Å²) in [6.07, 6.45) is 0.331. The Bertz CT molecular complexity index is 1120. The van der Waals surface area contributed by atoms with E-state index in [4.69, 9.17) is 23.2 Å². The quantitative estimate of drug-likeness (QED) is 0.514. The van der Waals surface area contributed by atoms with Gasteiger partial charge in [0.15, 0.2) is 0 Å². The summed E-state index contributed by atoms with van der Waals surface area (Å²) in [6.45, 7) is 7.53. The number of imide groups is 1. The van der Waals surface area contributed by atoms with Crippen LogP contribution in [0, 0.1) is 0 Å². The van der Waals surface area contributed by atoms with Gasteiger partial charge in [0.1, 0.15) is 6.04 Å². The highest BCUT2D eigenvalue weighted by Gasteiger charge is 2.35. The van der Waals surface area contributed by atoms with Crippen molar-refractivity contribution in [2.75, 3.05) is 6.54 Å². The molecular formula is C26H29Cl2N3O4. The van der Waals surface area contributed by atoms with Gasteiger partial charge in [0.25, 0.3) is 11.8 Å². The highest BCUT2D eigenvalue weighted by molar-refractivity contribution is 6.42. The monoisotopic (exact) mass is 517 g/mol. The lowest BCUT2D eigenvalue weighted by Crippen LogP contribution is -2.52. The van der Waals surface area contributed by atoms with Crippen LogP contribution in [0.25, 0.3) is 0 Å². The Morgan fingerprint density at radius 2 is 1.60 bits per heavy atom. The number of fused-ring (bicyclic) bond motifs is 1. The normalized spacial score (nSPS) is 14.1.